The normalized spacial score (nSPS) is 16.2. The van der Waals surface area contributed by atoms with E-state index in [1.165, 1.54) is 0 Å². The van der Waals surface area contributed by atoms with Crippen LogP contribution in [0.1, 0.15) is 27.7 Å². The Bertz CT molecular complexity index is 398. The van der Waals surface area contributed by atoms with E-state index in [1.807, 2.05) is 49.4 Å². The molecule has 2 heteroatoms. The molecule has 16 heavy (non-hydrogen) atoms. The van der Waals surface area contributed by atoms with Crippen LogP contribution in [0.2, 0.25) is 0 Å². The molecule has 0 saturated carbocycles. The number of hydrogen-bond donors (Lipinski definition) is 0. The summed E-state index contributed by atoms with van der Waals surface area (Å²) < 4.78 is 13.1. The van der Waals surface area contributed by atoms with Crippen LogP contribution in [0, 0.1) is 0 Å². The summed E-state index contributed by atoms with van der Waals surface area (Å²) >= 11 is 0. The maximum atomic E-state index is 13.1. The third kappa shape index (κ3) is 2.65. The van der Waals surface area contributed by atoms with Gasteiger partial charge in [0.15, 0.2) is 0 Å². The Hall–Kier alpha value is -0.810. The molecule has 0 heterocycles. The van der Waals surface area contributed by atoms with Crippen LogP contribution in [0.3, 0.4) is 0 Å². The van der Waals surface area contributed by atoms with Gasteiger partial charge in [-0.3, -0.25) is 0 Å². The summed E-state index contributed by atoms with van der Waals surface area (Å²) in [5, 5.41) is 0.800. The summed E-state index contributed by atoms with van der Waals surface area (Å²) in [5.74, 6) is 0. The lowest BCUT2D eigenvalue weighted by molar-refractivity contribution is 0.558. The molecule has 0 N–H and O–H groups in total. The summed E-state index contributed by atoms with van der Waals surface area (Å²) in [7, 11) is -2.36. The van der Waals surface area contributed by atoms with E-state index in [1.54, 1.807) is 0 Å². The van der Waals surface area contributed by atoms with Crippen LogP contribution in [0.25, 0.3) is 0 Å². The van der Waals surface area contributed by atoms with Crippen molar-refractivity contribution in [2.24, 2.45) is 0 Å². The molecule has 1 aromatic carbocycles. The number of allylic oxidation sites excluding steroid dienone is 2. The molecule has 1 rings (SSSR count). The van der Waals surface area contributed by atoms with E-state index >= 15 is 0 Å². The molecular weight excluding hydrogens is 215 g/mol. The molecular formula is C14H21OP. The molecule has 0 saturated heterocycles. The maximum Gasteiger partial charge on any atom is 0.124 e. The van der Waals surface area contributed by atoms with Crippen LogP contribution in [0.5, 0.6) is 0 Å². The molecule has 0 radical (unpaired) electrons. The standard InChI is InChI=1S/C14H21OP/c1-5-6-12-16(15,14(2,3)4)13-10-8-7-9-11-13/h5-11H,12H2,1-4H3/b6-5+/t16-/m1/s1. The average Bonchev–Trinajstić information content (AvgIpc) is 2.25. The highest BCUT2D eigenvalue weighted by atomic mass is 31.2. The molecule has 88 valence electrons. The van der Waals surface area contributed by atoms with Crippen molar-refractivity contribution in [2.45, 2.75) is 32.9 Å². The first-order valence-corrected chi connectivity index (χ1v) is 7.57. The van der Waals surface area contributed by atoms with E-state index < -0.39 is 7.14 Å². The smallest absolute Gasteiger partial charge is 0.124 e. The van der Waals surface area contributed by atoms with Gasteiger partial charge in [-0.15, -0.1) is 0 Å². The van der Waals surface area contributed by atoms with Gasteiger partial charge in [0.2, 0.25) is 0 Å². The molecule has 1 atom stereocenters. The first-order valence-electron chi connectivity index (χ1n) is 5.68. The minimum Gasteiger partial charge on any atom is -0.318 e. The molecule has 1 aromatic rings. The molecule has 0 amide bonds. The van der Waals surface area contributed by atoms with Crippen LogP contribution < -0.4 is 5.30 Å². The van der Waals surface area contributed by atoms with Gasteiger partial charge >= 0.3 is 0 Å². The third-order valence-corrected chi connectivity index (χ3v) is 6.88. The monoisotopic (exact) mass is 236 g/mol. The Labute approximate surface area is 99.0 Å². The number of benzene rings is 1. The van der Waals surface area contributed by atoms with Crippen molar-refractivity contribution in [2.75, 3.05) is 6.16 Å². The number of hydrogen-bond acceptors (Lipinski definition) is 1. The Morgan fingerprint density at radius 2 is 1.75 bits per heavy atom. The summed E-state index contributed by atoms with van der Waals surface area (Å²) in [4.78, 5) is 0. The van der Waals surface area contributed by atoms with Gasteiger partial charge in [-0.25, -0.2) is 0 Å². The SMILES string of the molecule is C/C=C/C[P@@](=O)(c1ccccc1)C(C)(C)C. The molecule has 0 fully saturated rings. The minimum absolute atomic E-state index is 0.187. The van der Waals surface area contributed by atoms with Gasteiger partial charge in [0.05, 0.1) is 0 Å². The van der Waals surface area contributed by atoms with Gasteiger partial charge in [-0.05, 0) is 6.92 Å². The van der Waals surface area contributed by atoms with Gasteiger partial charge in [0.25, 0.3) is 0 Å². The van der Waals surface area contributed by atoms with Crippen molar-refractivity contribution in [1.29, 1.82) is 0 Å². The van der Waals surface area contributed by atoms with E-state index in [0.717, 1.165) is 5.30 Å². The average molecular weight is 236 g/mol. The fourth-order valence-electron chi connectivity index (χ4n) is 1.69. The van der Waals surface area contributed by atoms with Gasteiger partial charge in [0.1, 0.15) is 7.14 Å². The summed E-state index contributed by atoms with van der Waals surface area (Å²) in [6.07, 6.45) is 4.64. The van der Waals surface area contributed by atoms with Crippen molar-refractivity contribution >= 4 is 12.4 Å². The second-order valence-corrected chi connectivity index (χ2v) is 8.70. The second-order valence-electron chi connectivity index (χ2n) is 5.00. The van der Waals surface area contributed by atoms with E-state index in [-0.39, 0.29) is 5.16 Å². The highest BCUT2D eigenvalue weighted by Crippen LogP contribution is 2.56. The van der Waals surface area contributed by atoms with Gasteiger partial charge < -0.3 is 4.57 Å². The van der Waals surface area contributed by atoms with Crippen molar-refractivity contribution < 1.29 is 4.57 Å². The minimum atomic E-state index is -2.36. The largest absolute Gasteiger partial charge is 0.318 e. The molecule has 0 bridgehead atoms. The summed E-state index contributed by atoms with van der Waals surface area (Å²) in [6.45, 7) is 8.15. The summed E-state index contributed by atoms with van der Waals surface area (Å²) in [5.41, 5.74) is 0. The fraction of sp³-hybridized carbons (Fsp3) is 0.429. The zero-order valence-electron chi connectivity index (χ0n) is 10.6. The van der Waals surface area contributed by atoms with Crippen molar-refractivity contribution in [3.63, 3.8) is 0 Å². The maximum absolute atomic E-state index is 13.1. The van der Waals surface area contributed by atoms with Crippen molar-refractivity contribution in [1.82, 2.24) is 0 Å². The van der Waals surface area contributed by atoms with E-state index in [2.05, 4.69) is 20.8 Å². The van der Waals surface area contributed by atoms with Crippen molar-refractivity contribution in [3.8, 4) is 0 Å². The predicted molar refractivity (Wildman–Crippen MR) is 73.1 cm³/mol. The molecule has 0 aliphatic carbocycles. The van der Waals surface area contributed by atoms with Gasteiger partial charge in [-0.1, -0.05) is 63.3 Å². The highest BCUT2D eigenvalue weighted by molar-refractivity contribution is 7.73. The lowest BCUT2D eigenvalue weighted by atomic mass is 10.3. The second kappa shape index (κ2) is 5.01. The van der Waals surface area contributed by atoms with Crippen LogP contribution in [-0.4, -0.2) is 11.3 Å². The molecule has 0 aliphatic rings. The van der Waals surface area contributed by atoms with Gasteiger partial charge in [0, 0.05) is 16.6 Å². The third-order valence-electron chi connectivity index (χ3n) is 2.86. The Morgan fingerprint density at radius 3 is 2.19 bits per heavy atom. The molecule has 1 nitrogen and oxygen atoms in total. The lowest BCUT2D eigenvalue weighted by Crippen LogP contribution is -2.24. The first kappa shape index (κ1) is 13.3. The zero-order chi connectivity index (χ0) is 12.2. The van der Waals surface area contributed by atoms with Crippen LogP contribution in [0.15, 0.2) is 42.5 Å². The molecule has 0 spiro atoms. The Balaban J connectivity index is 3.21. The molecule has 0 unspecified atom stereocenters. The fourth-order valence-corrected chi connectivity index (χ4v) is 4.38. The van der Waals surface area contributed by atoms with Gasteiger partial charge in [-0.2, -0.15) is 0 Å². The Morgan fingerprint density at radius 1 is 1.19 bits per heavy atom. The van der Waals surface area contributed by atoms with Crippen LogP contribution >= 0.6 is 7.14 Å². The van der Waals surface area contributed by atoms with Crippen molar-refractivity contribution in [3.05, 3.63) is 42.5 Å². The quantitative estimate of drug-likeness (QED) is 0.571. The van der Waals surface area contributed by atoms with Crippen LogP contribution in [0.4, 0.5) is 0 Å². The van der Waals surface area contributed by atoms with Crippen LogP contribution in [-0.2, 0) is 4.57 Å². The topological polar surface area (TPSA) is 17.1 Å². The zero-order valence-corrected chi connectivity index (χ0v) is 11.5. The molecule has 0 aromatic heterocycles. The summed E-state index contributed by atoms with van der Waals surface area (Å²) in [6, 6.07) is 9.85. The number of rotatable bonds is 3. The van der Waals surface area contributed by atoms with E-state index in [4.69, 9.17) is 0 Å². The highest BCUT2D eigenvalue weighted by Gasteiger charge is 2.36. The lowest BCUT2D eigenvalue weighted by Gasteiger charge is -2.31. The predicted octanol–water partition coefficient (Wildman–Crippen LogP) is 4.05. The van der Waals surface area contributed by atoms with E-state index in [9.17, 15) is 4.57 Å². The molecule has 0 aliphatic heterocycles. The van der Waals surface area contributed by atoms with E-state index in [0.29, 0.717) is 6.16 Å². The Kier molecular flexibility index (Phi) is 4.15. The first-order chi connectivity index (χ1) is 7.42.